The Kier molecular flexibility index (Phi) is 11.1. The van der Waals surface area contributed by atoms with Crippen molar-refractivity contribution in [3.63, 3.8) is 0 Å². The van der Waals surface area contributed by atoms with Gasteiger partial charge in [0.25, 0.3) is 0 Å². The number of rotatable bonds is 14. The predicted octanol–water partition coefficient (Wildman–Crippen LogP) is 3.45. The average molecular weight is 426 g/mol. The molecule has 0 aliphatic carbocycles. The second-order valence-corrected chi connectivity index (χ2v) is 6.92. The predicted molar refractivity (Wildman–Crippen MR) is 125 cm³/mol. The molecule has 0 atom stereocenters. The van der Waals surface area contributed by atoms with Gasteiger partial charge >= 0.3 is 0 Å². The topological polar surface area (TPSA) is 68.2 Å². The molecule has 2 rings (SSSR count). The number of ketones is 1. The highest BCUT2D eigenvalue weighted by atomic mass is 16.5. The monoisotopic (exact) mass is 425 g/mol. The second kappa shape index (κ2) is 14.1. The van der Waals surface area contributed by atoms with Crippen LogP contribution in [-0.4, -0.2) is 64.6 Å². The minimum absolute atomic E-state index is 0.0187. The molecular weight excluding hydrogens is 394 g/mol. The zero-order chi connectivity index (χ0) is 22.3. The first-order chi connectivity index (χ1) is 15.1. The summed E-state index contributed by atoms with van der Waals surface area (Å²) in [5.74, 6) is 0.668. The molecule has 2 aromatic carbocycles. The molecule has 2 aromatic rings. The standard InChI is InChI=1S/C25H31NO5/c1-26(2)23-9-3-21(4-10-23)5-11-24(28)12-6-22-7-13-25(14-8-22)31-20-19-30-18-17-29-16-15-27/h3-14,27H,15-20H2,1-2H3/b11-5+,12-6+. The minimum atomic E-state index is -0.0721. The number of carbonyl (C=O) groups is 1. The van der Waals surface area contributed by atoms with Crippen LogP contribution in [-0.2, 0) is 14.3 Å². The van der Waals surface area contributed by atoms with E-state index in [9.17, 15) is 4.79 Å². The summed E-state index contributed by atoms with van der Waals surface area (Å²) in [5.41, 5.74) is 3.02. The molecule has 0 heterocycles. The third-order valence-corrected chi connectivity index (χ3v) is 4.27. The van der Waals surface area contributed by atoms with Crippen molar-refractivity contribution in [1.29, 1.82) is 0 Å². The highest BCUT2D eigenvalue weighted by Gasteiger charge is 1.97. The van der Waals surface area contributed by atoms with Gasteiger partial charge in [-0.1, -0.05) is 36.4 Å². The van der Waals surface area contributed by atoms with Gasteiger partial charge in [0.1, 0.15) is 12.4 Å². The van der Waals surface area contributed by atoms with E-state index in [1.54, 1.807) is 18.2 Å². The Hall–Kier alpha value is -2.93. The van der Waals surface area contributed by atoms with Gasteiger partial charge in [-0.15, -0.1) is 0 Å². The fourth-order valence-electron chi connectivity index (χ4n) is 2.58. The lowest BCUT2D eigenvalue weighted by atomic mass is 10.1. The summed E-state index contributed by atoms with van der Waals surface area (Å²) in [5, 5.41) is 8.59. The van der Waals surface area contributed by atoms with Crippen LogP contribution in [0.1, 0.15) is 11.1 Å². The first kappa shape index (κ1) is 24.3. The van der Waals surface area contributed by atoms with Crippen LogP contribution in [0.15, 0.2) is 60.7 Å². The van der Waals surface area contributed by atoms with Gasteiger partial charge in [-0.05, 0) is 47.5 Å². The van der Waals surface area contributed by atoms with E-state index in [0.29, 0.717) is 33.0 Å². The maximum Gasteiger partial charge on any atom is 0.178 e. The molecule has 0 aromatic heterocycles. The first-order valence-corrected chi connectivity index (χ1v) is 10.2. The van der Waals surface area contributed by atoms with Gasteiger partial charge < -0.3 is 24.2 Å². The summed E-state index contributed by atoms with van der Waals surface area (Å²) in [6.07, 6.45) is 6.70. The van der Waals surface area contributed by atoms with Crippen LogP contribution >= 0.6 is 0 Å². The lowest BCUT2D eigenvalue weighted by Gasteiger charge is -2.11. The van der Waals surface area contributed by atoms with Crippen LogP contribution in [0.2, 0.25) is 0 Å². The smallest absolute Gasteiger partial charge is 0.178 e. The Bertz CT molecular complexity index is 826. The number of anilines is 1. The van der Waals surface area contributed by atoms with Crippen molar-refractivity contribution in [2.75, 3.05) is 58.6 Å². The quantitative estimate of drug-likeness (QED) is 0.369. The number of carbonyl (C=O) groups excluding carboxylic acids is 1. The number of ether oxygens (including phenoxy) is 3. The number of nitrogens with zero attached hydrogens (tertiary/aromatic N) is 1. The molecule has 166 valence electrons. The molecular formula is C25H31NO5. The van der Waals surface area contributed by atoms with Crippen LogP contribution in [0.25, 0.3) is 12.2 Å². The summed E-state index contributed by atoms with van der Waals surface area (Å²) in [6, 6.07) is 15.5. The highest BCUT2D eigenvalue weighted by molar-refractivity contribution is 6.04. The van der Waals surface area contributed by atoms with E-state index in [1.165, 1.54) is 0 Å². The molecule has 1 N–H and O–H groups in total. The summed E-state index contributed by atoms with van der Waals surface area (Å²) >= 11 is 0. The largest absolute Gasteiger partial charge is 0.491 e. The summed E-state index contributed by atoms with van der Waals surface area (Å²) < 4.78 is 16.1. The summed E-state index contributed by atoms with van der Waals surface area (Å²) in [6.45, 7) is 2.17. The van der Waals surface area contributed by atoms with Gasteiger partial charge in [0, 0.05) is 19.8 Å². The number of aliphatic hydroxyl groups is 1. The molecule has 31 heavy (non-hydrogen) atoms. The zero-order valence-electron chi connectivity index (χ0n) is 18.2. The Balaban J connectivity index is 1.70. The van der Waals surface area contributed by atoms with Gasteiger partial charge in [-0.25, -0.2) is 0 Å². The average Bonchev–Trinajstić information content (AvgIpc) is 2.79. The maximum atomic E-state index is 12.1. The number of aliphatic hydroxyl groups excluding tert-OH is 1. The number of benzene rings is 2. The van der Waals surface area contributed by atoms with Crippen molar-refractivity contribution in [2.45, 2.75) is 0 Å². The molecule has 0 fully saturated rings. The van der Waals surface area contributed by atoms with Gasteiger partial charge in [0.05, 0.1) is 33.0 Å². The van der Waals surface area contributed by atoms with Crippen molar-refractivity contribution < 1.29 is 24.1 Å². The third kappa shape index (κ3) is 10.1. The number of allylic oxidation sites excluding steroid dienone is 2. The molecule has 0 unspecified atom stereocenters. The second-order valence-electron chi connectivity index (χ2n) is 6.92. The van der Waals surface area contributed by atoms with Crippen molar-refractivity contribution in [3.8, 4) is 5.75 Å². The van der Waals surface area contributed by atoms with Gasteiger partial charge in [0.15, 0.2) is 5.78 Å². The summed E-state index contributed by atoms with van der Waals surface area (Å²) in [7, 11) is 3.98. The van der Waals surface area contributed by atoms with E-state index in [4.69, 9.17) is 19.3 Å². The Morgan fingerprint density at radius 1 is 0.806 bits per heavy atom. The van der Waals surface area contributed by atoms with E-state index in [0.717, 1.165) is 22.6 Å². The van der Waals surface area contributed by atoms with Crippen molar-refractivity contribution in [3.05, 3.63) is 71.8 Å². The molecule has 0 aliphatic rings. The Morgan fingerprint density at radius 2 is 1.32 bits per heavy atom. The maximum absolute atomic E-state index is 12.1. The van der Waals surface area contributed by atoms with Crippen molar-refractivity contribution in [2.24, 2.45) is 0 Å². The van der Waals surface area contributed by atoms with E-state index < -0.39 is 0 Å². The van der Waals surface area contributed by atoms with Gasteiger partial charge in [-0.2, -0.15) is 0 Å². The first-order valence-electron chi connectivity index (χ1n) is 10.2. The van der Waals surface area contributed by atoms with Crippen LogP contribution < -0.4 is 9.64 Å². The fourth-order valence-corrected chi connectivity index (χ4v) is 2.58. The molecule has 0 amide bonds. The van der Waals surface area contributed by atoms with E-state index in [2.05, 4.69) is 0 Å². The lowest BCUT2D eigenvalue weighted by Crippen LogP contribution is -2.11. The third-order valence-electron chi connectivity index (χ3n) is 4.27. The molecule has 0 saturated carbocycles. The van der Waals surface area contributed by atoms with Crippen molar-refractivity contribution in [1.82, 2.24) is 0 Å². The van der Waals surface area contributed by atoms with E-state index >= 15 is 0 Å². The van der Waals surface area contributed by atoms with Gasteiger partial charge in [0.2, 0.25) is 0 Å². The highest BCUT2D eigenvalue weighted by Crippen LogP contribution is 2.14. The molecule has 6 heteroatoms. The Labute approximate surface area is 184 Å². The molecule has 0 spiro atoms. The number of hydrogen-bond donors (Lipinski definition) is 1. The number of hydrogen-bond acceptors (Lipinski definition) is 6. The molecule has 0 radical (unpaired) electrons. The SMILES string of the molecule is CN(C)c1ccc(/C=C/C(=O)/C=C/c2ccc(OCCOCCOCCO)cc2)cc1. The Morgan fingerprint density at radius 3 is 1.87 bits per heavy atom. The minimum Gasteiger partial charge on any atom is -0.491 e. The van der Waals surface area contributed by atoms with Crippen LogP contribution in [0.5, 0.6) is 5.75 Å². The molecule has 6 nitrogen and oxygen atoms in total. The van der Waals surface area contributed by atoms with Crippen LogP contribution in [0.3, 0.4) is 0 Å². The molecule has 0 bridgehead atoms. The van der Waals surface area contributed by atoms with Crippen LogP contribution in [0, 0.1) is 0 Å². The van der Waals surface area contributed by atoms with Gasteiger partial charge in [-0.3, -0.25) is 4.79 Å². The fraction of sp³-hybridized carbons (Fsp3) is 0.320. The zero-order valence-corrected chi connectivity index (χ0v) is 18.2. The normalized spacial score (nSPS) is 11.3. The van der Waals surface area contributed by atoms with Crippen LogP contribution in [0.4, 0.5) is 5.69 Å². The summed E-state index contributed by atoms with van der Waals surface area (Å²) in [4.78, 5) is 14.1. The van der Waals surface area contributed by atoms with E-state index in [1.807, 2.05) is 73.6 Å². The lowest BCUT2D eigenvalue weighted by molar-refractivity contribution is -0.110. The van der Waals surface area contributed by atoms with Crippen molar-refractivity contribution >= 4 is 23.6 Å². The van der Waals surface area contributed by atoms with E-state index in [-0.39, 0.29) is 12.4 Å². The molecule has 0 saturated heterocycles. The molecule has 0 aliphatic heterocycles.